The van der Waals surface area contributed by atoms with Crippen LogP contribution in [0.5, 0.6) is 0 Å². The van der Waals surface area contributed by atoms with Gasteiger partial charge in [-0.1, -0.05) is 41.9 Å². The molecule has 1 aromatic heterocycles. The highest BCUT2D eigenvalue weighted by atomic mass is 35.5. The molecule has 1 aliphatic heterocycles. The van der Waals surface area contributed by atoms with Crippen molar-refractivity contribution in [2.24, 2.45) is 0 Å². The number of hydrogen-bond acceptors (Lipinski definition) is 4. The predicted molar refractivity (Wildman–Crippen MR) is 146 cm³/mol. The molecule has 200 valence electrons. The van der Waals surface area contributed by atoms with Crippen LogP contribution in [0.25, 0.3) is 11.4 Å². The molecule has 4 aromatic rings. The van der Waals surface area contributed by atoms with Crippen LogP contribution in [0.4, 0.5) is 19.0 Å². The van der Waals surface area contributed by atoms with E-state index in [9.17, 15) is 18.0 Å². The molecule has 5 rings (SSSR count). The second-order valence-electron chi connectivity index (χ2n) is 9.46. The number of rotatable bonds is 5. The molecule has 0 atom stereocenters. The molecule has 0 N–H and O–H groups in total. The van der Waals surface area contributed by atoms with Gasteiger partial charge in [-0.25, -0.2) is 9.97 Å². The number of hydrogen-bond donors (Lipinski definition) is 0. The van der Waals surface area contributed by atoms with Gasteiger partial charge in [0, 0.05) is 60.0 Å². The quantitative estimate of drug-likeness (QED) is 0.278. The maximum atomic E-state index is 13.0. The number of benzene rings is 3. The Balaban J connectivity index is 1.39. The minimum atomic E-state index is -4.44. The number of aromatic nitrogens is 2. The van der Waals surface area contributed by atoms with Gasteiger partial charge in [-0.15, -0.1) is 0 Å². The molecule has 3 aromatic carbocycles. The van der Waals surface area contributed by atoms with Crippen molar-refractivity contribution in [2.45, 2.75) is 19.5 Å². The SMILES string of the molecule is Cc1nc(-c2ccc(Cl)cc2)nc(N2CCN(C(=O)c3ccc(C(F)(F)F)cc3)CC2)c1Cc1ccccc1. The predicted octanol–water partition coefficient (Wildman–Crippen LogP) is 6.68. The third kappa shape index (κ3) is 6.06. The van der Waals surface area contributed by atoms with Crippen LogP contribution in [-0.2, 0) is 12.6 Å². The van der Waals surface area contributed by atoms with Crippen molar-refractivity contribution < 1.29 is 18.0 Å². The highest BCUT2D eigenvalue weighted by Gasteiger charge is 2.31. The molecule has 0 radical (unpaired) electrons. The number of amides is 1. The van der Waals surface area contributed by atoms with Crippen molar-refractivity contribution in [3.05, 3.63) is 112 Å². The van der Waals surface area contributed by atoms with Crippen molar-refractivity contribution in [3.63, 3.8) is 0 Å². The summed E-state index contributed by atoms with van der Waals surface area (Å²) in [6.07, 6.45) is -3.78. The van der Waals surface area contributed by atoms with Crippen molar-refractivity contribution in [1.82, 2.24) is 14.9 Å². The third-order valence-corrected chi connectivity index (χ3v) is 7.10. The van der Waals surface area contributed by atoms with E-state index in [4.69, 9.17) is 21.6 Å². The summed E-state index contributed by atoms with van der Waals surface area (Å²) in [5.74, 6) is 1.13. The molecular formula is C30H26ClF3N4O. The van der Waals surface area contributed by atoms with Gasteiger partial charge in [0.2, 0.25) is 0 Å². The lowest BCUT2D eigenvalue weighted by Crippen LogP contribution is -2.49. The van der Waals surface area contributed by atoms with Gasteiger partial charge < -0.3 is 9.80 Å². The molecule has 0 saturated carbocycles. The number of piperazine rings is 1. The van der Waals surface area contributed by atoms with Crippen LogP contribution >= 0.6 is 11.6 Å². The zero-order valence-electron chi connectivity index (χ0n) is 21.3. The summed E-state index contributed by atoms with van der Waals surface area (Å²) in [6, 6.07) is 21.9. The minimum absolute atomic E-state index is 0.240. The van der Waals surface area contributed by atoms with E-state index in [-0.39, 0.29) is 11.5 Å². The topological polar surface area (TPSA) is 49.3 Å². The largest absolute Gasteiger partial charge is 0.416 e. The van der Waals surface area contributed by atoms with Gasteiger partial charge in [-0.3, -0.25) is 4.79 Å². The first-order valence-electron chi connectivity index (χ1n) is 12.6. The first-order chi connectivity index (χ1) is 18.7. The number of carbonyl (C=O) groups is 1. The lowest BCUT2D eigenvalue weighted by atomic mass is 10.0. The van der Waals surface area contributed by atoms with Gasteiger partial charge in [0.05, 0.1) is 5.56 Å². The van der Waals surface area contributed by atoms with Crippen molar-refractivity contribution >= 4 is 23.3 Å². The van der Waals surface area contributed by atoms with Crippen molar-refractivity contribution in [1.29, 1.82) is 0 Å². The average molecular weight is 551 g/mol. The lowest BCUT2D eigenvalue weighted by Gasteiger charge is -2.36. The lowest BCUT2D eigenvalue weighted by molar-refractivity contribution is -0.137. The highest BCUT2D eigenvalue weighted by molar-refractivity contribution is 6.30. The number of carbonyl (C=O) groups excluding carboxylic acids is 1. The Labute approximate surface area is 229 Å². The Morgan fingerprint density at radius 3 is 2.13 bits per heavy atom. The Bertz CT molecular complexity index is 1450. The molecule has 0 aliphatic carbocycles. The Kier molecular flexibility index (Phi) is 7.57. The summed E-state index contributed by atoms with van der Waals surface area (Å²) in [5.41, 5.74) is 3.35. The van der Waals surface area contributed by atoms with E-state index in [1.807, 2.05) is 37.3 Å². The summed E-state index contributed by atoms with van der Waals surface area (Å²) < 4.78 is 38.7. The fourth-order valence-corrected chi connectivity index (χ4v) is 4.81. The Hall–Kier alpha value is -3.91. The van der Waals surface area contributed by atoms with Crippen LogP contribution in [-0.4, -0.2) is 47.0 Å². The minimum Gasteiger partial charge on any atom is -0.353 e. The second-order valence-corrected chi connectivity index (χ2v) is 9.89. The van der Waals surface area contributed by atoms with Gasteiger partial charge in [0.25, 0.3) is 5.91 Å². The normalized spacial score (nSPS) is 14.0. The van der Waals surface area contributed by atoms with Gasteiger partial charge in [-0.2, -0.15) is 13.2 Å². The van der Waals surface area contributed by atoms with E-state index in [0.717, 1.165) is 40.3 Å². The molecular weight excluding hydrogens is 525 g/mol. The standard InChI is InChI=1S/C30H26ClF3N4O/c1-20-26(19-21-5-3-2-4-6-21)28(36-27(35-20)22-9-13-25(31)14-10-22)37-15-17-38(18-16-37)29(39)23-7-11-24(12-8-23)30(32,33)34/h2-14H,15-19H2,1H3. The summed E-state index contributed by atoms with van der Waals surface area (Å²) in [4.78, 5) is 26.6. The zero-order valence-corrected chi connectivity index (χ0v) is 22.0. The Morgan fingerprint density at radius 2 is 1.51 bits per heavy atom. The molecule has 1 aliphatic rings. The maximum Gasteiger partial charge on any atom is 0.416 e. The molecule has 1 amide bonds. The fourth-order valence-electron chi connectivity index (χ4n) is 4.68. The Morgan fingerprint density at radius 1 is 0.872 bits per heavy atom. The summed E-state index contributed by atoms with van der Waals surface area (Å²) >= 11 is 6.08. The summed E-state index contributed by atoms with van der Waals surface area (Å²) in [5, 5.41) is 0.630. The van der Waals surface area contributed by atoms with Crippen LogP contribution in [0.3, 0.4) is 0 Å². The first-order valence-corrected chi connectivity index (χ1v) is 13.0. The summed E-state index contributed by atoms with van der Waals surface area (Å²) in [7, 11) is 0. The fraction of sp³-hybridized carbons (Fsp3) is 0.233. The first kappa shape index (κ1) is 26.7. The van der Waals surface area contributed by atoms with Crippen molar-refractivity contribution in [2.75, 3.05) is 31.1 Å². The van der Waals surface area contributed by atoms with E-state index < -0.39 is 11.7 Å². The maximum absolute atomic E-state index is 13.0. The molecule has 5 nitrogen and oxygen atoms in total. The van der Waals surface area contributed by atoms with E-state index >= 15 is 0 Å². The molecule has 9 heteroatoms. The number of nitrogens with zero attached hydrogens (tertiary/aromatic N) is 4. The average Bonchev–Trinajstić information content (AvgIpc) is 2.94. The van der Waals surface area contributed by atoms with Crippen molar-refractivity contribution in [3.8, 4) is 11.4 Å². The van der Waals surface area contributed by atoms with Gasteiger partial charge >= 0.3 is 6.18 Å². The second kappa shape index (κ2) is 11.1. The monoisotopic (exact) mass is 550 g/mol. The van der Waals surface area contributed by atoms with Gasteiger partial charge in [-0.05, 0) is 61.0 Å². The van der Waals surface area contributed by atoms with E-state index in [1.54, 1.807) is 17.0 Å². The summed E-state index contributed by atoms with van der Waals surface area (Å²) in [6.45, 7) is 3.89. The van der Waals surface area contributed by atoms with Gasteiger partial charge in [0.15, 0.2) is 5.82 Å². The van der Waals surface area contributed by atoms with E-state index in [1.165, 1.54) is 12.1 Å². The van der Waals surface area contributed by atoms with Crippen LogP contribution < -0.4 is 4.90 Å². The van der Waals surface area contributed by atoms with Gasteiger partial charge in [0.1, 0.15) is 5.82 Å². The van der Waals surface area contributed by atoms with Crippen LogP contribution in [0.1, 0.15) is 32.7 Å². The third-order valence-electron chi connectivity index (χ3n) is 6.84. The highest BCUT2D eigenvalue weighted by Crippen LogP contribution is 2.31. The molecule has 0 bridgehead atoms. The van der Waals surface area contributed by atoms with Crippen LogP contribution in [0.15, 0.2) is 78.9 Å². The smallest absolute Gasteiger partial charge is 0.353 e. The number of alkyl halides is 3. The molecule has 1 saturated heterocycles. The number of aryl methyl sites for hydroxylation is 1. The molecule has 1 fully saturated rings. The molecule has 39 heavy (non-hydrogen) atoms. The molecule has 0 unspecified atom stereocenters. The van der Waals surface area contributed by atoms with Crippen LogP contribution in [0, 0.1) is 6.92 Å². The number of halogens is 4. The van der Waals surface area contributed by atoms with Crippen LogP contribution in [0.2, 0.25) is 5.02 Å². The molecule has 2 heterocycles. The number of anilines is 1. The van der Waals surface area contributed by atoms with E-state index in [2.05, 4.69) is 17.0 Å². The molecule has 0 spiro atoms. The van der Waals surface area contributed by atoms with E-state index in [0.29, 0.717) is 43.4 Å². The zero-order chi connectivity index (χ0) is 27.6.